The third-order valence-electron chi connectivity index (χ3n) is 3.78. The summed E-state index contributed by atoms with van der Waals surface area (Å²) in [4.78, 5) is 7.04. The molecule has 2 heterocycles. The highest BCUT2D eigenvalue weighted by atomic mass is 16.5. The molecule has 0 radical (unpaired) electrons. The molecular formula is C15H29N3O2. The van der Waals surface area contributed by atoms with Gasteiger partial charge in [-0.1, -0.05) is 0 Å². The van der Waals surface area contributed by atoms with Crippen LogP contribution >= 0.6 is 0 Å². The average molecular weight is 283 g/mol. The molecule has 116 valence electrons. The Morgan fingerprint density at radius 3 is 2.90 bits per heavy atom. The Labute approximate surface area is 122 Å². The van der Waals surface area contributed by atoms with E-state index >= 15 is 0 Å². The van der Waals surface area contributed by atoms with Crippen LogP contribution in [-0.4, -0.2) is 63.0 Å². The Morgan fingerprint density at radius 1 is 1.35 bits per heavy atom. The second-order valence-electron chi connectivity index (χ2n) is 5.49. The van der Waals surface area contributed by atoms with Crippen LogP contribution in [0.2, 0.25) is 0 Å². The van der Waals surface area contributed by atoms with Crippen LogP contribution in [0.15, 0.2) is 4.99 Å². The summed E-state index contributed by atoms with van der Waals surface area (Å²) >= 11 is 0. The molecule has 1 N–H and O–H groups in total. The van der Waals surface area contributed by atoms with E-state index < -0.39 is 0 Å². The van der Waals surface area contributed by atoms with Gasteiger partial charge in [-0.05, 0) is 39.0 Å². The van der Waals surface area contributed by atoms with Crippen LogP contribution in [0.5, 0.6) is 0 Å². The Balaban J connectivity index is 1.57. The molecule has 0 aromatic carbocycles. The predicted octanol–water partition coefficient (Wildman–Crippen LogP) is 1.63. The second-order valence-corrected chi connectivity index (χ2v) is 5.49. The summed E-state index contributed by atoms with van der Waals surface area (Å²) in [6.07, 6.45) is 6.22. The Hall–Kier alpha value is -0.810. The molecular weight excluding hydrogens is 254 g/mol. The standard InChI is InChI=1S/C15H29N3O2/c1-2-16-15(18-9-3-4-10-18)17-8-6-11-19-13-14-7-5-12-20-14/h14H,2-13H2,1H3,(H,16,17)/t14-/m0/s1. The molecule has 0 amide bonds. The molecule has 1 atom stereocenters. The first-order valence-electron chi connectivity index (χ1n) is 8.12. The summed E-state index contributed by atoms with van der Waals surface area (Å²) in [5.74, 6) is 1.07. The molecule has 20 heavy (non-hydrogen) atoms. The molecule has 0 saturated carbocycles. The minimum Gasteiger partial charge on any atom is -0.379 e. The van der Waals surface area contributed by atoms with E-state index in [9.17, 15) is 0 Å². The predicted molar refractivity (Wildman–Crippen MR) is 81.2 cm³/mol. The lowest BCUT2D eigenvalue weighted by Crippen LogP contribution is -2.39. The van der Waals surface area contributed by atoms with Gasteiger partial charge in [-0.2, -0.15) is 0 Å². The van der Waals surface area contributed by atoms with Crippen molar-refractivity contribution in [2.75, 3.05) is 46.0 Å². The Morgan fingerprint density at radius 2 is 2.20 bits per heavy atom. The van der Waals surface area contributed by atoms with Crippen LogP contribution < -0.4 is 5.32 Å². The molecule has 2 saturated heterocycles. The molecule has 0 aromatic rings. The topological polar surface area (TPSA) is 46.1 Å². The van der Waals surface area contributed by atoms with Gasteiger partial charge in [0.15, 0.2) is 5.96 Å². The van der Waals surface area contributed by atoms with Crippen molar-refractivity contribution in [1.82, 2.24) is 10.2 Å². The molecule has 5 nitrogen and oxygen atoms in total. The summed E-state index contributed by atoms with van der Waals surface area (Å²) in [5, 5.41) is 3.38. The van der Waals surface area contributed by atoms with Crippen LogP contribution in [0.3, 0.4) is 0 Å². The number of hydrogen-bond donors (Lipinski definition) is 1. The third-order valence-corrected chi connectivity index (χ3v) is 3.78. The first-order chi connectivity index (χ1) is 9.90. The quantitative estimate of drug-likeness (QED) is 0.438. The molecule has 0 bridgehead atoms. The van der Waals surface area contributed by atoms with Gasteiger partial charge >= 0.3 is 0 Å². The largest absolute Gasteiger partial charge is 0.379 e. The summed E-state index contributed by atoms with van der Waals surface area (Å²) in [6.45, 7) is 8.60. The zero-order valence-corrected chi connectivity index (χ0v) is 12.8. The van der Waals surface area contributed by atoms with Gasteiger partial charge in [0, 0.05) is 39.4 Å². The molecule has 0 aromatic heterocycles. The Bertz CT molecular complexity index is 285. The van der Waals surface area contributed by atoms with Gasteiger partial charge in [0.1, 0.15) is 0 Å². The fourth-order valence-electron chi connectivity index (χ4n) is 2.70. The van der Waals surface area contributed by atoms with Gasteiger partial charge in [-0.15, -0.1) is 0 Å². The van der Waals surface area contributed by atoms with E-state index in [4.69, 9.17) is 9.47 Å². The summed E-state index contributed by atoms with van der Waals surface area (Å²) in [7, 11) is 0. The van der Waals surface area contributed by atoms with Gasteiger partial charge in [0.25, 0.3) is 0 Å². The normalized spacial score (nSPS) is 23.6. The summed E-state index contributed by atoms with van der Waals surface area (Å²) < 4.78 is 11.2. The molecule has 2 aliphatic heterocycles. The van der Waals surface area contributed by atoms with Gasteiger partial charge in [0.2, 0.25) is 0 Å². The lowest BCUT2D eigenvalue weighted by molar-refractivity contribution is 0.0170. The van der Waals surface area contributed by atoms with Crippen molar-refractivity contribution in [3.8, 4) is 0 Å². The van der Waals surface area contributed by atoms with Crippen LogP contribution in [0.25, 0.3) is 0 Å². The highest BCUT2D eigenvalue weighted by molar-refractivity contribution is 5.80. The van der Waals surface area contributed by atoms with Gasteiger partial charge < -0.3 is 19.7 Å². The van der Waals surface area contributed by atoms with Crippen molar-refractivity contribution in [3.05, 3.63) is 0 Å². The molecule has 0 aliphatic carbocycles. The fraction of sp³-hybridized carbons (Fsp3) is 0.933. The number of aliphatic imine (C=N–C) groups is 1. The first kappa shape index (κ1) is 15.6. The van der Waals surface area contributed by atoms with E-state index in [-0.39, 0.29) is 0 Å². The lowest BCUT2D eigenvalue weighted by Gasteiger charge is -2.20. The van der Waals surface area contributed by atoms with E-state index in [0.29, 0.717) is 6.10 Å². The molecule has 0 spiro atoms. The van der Waals surface area contributed by atoms with E-state index in [0.717, 1.165) is 64.8 Å². The molecule has 2 fully saturated rings. The highest BCUT2D eigenvalue weighted by Crippen LogP contribution is 2.12. The zero-order valence-electron chi connectivity index (χ0n) is 12.8. The number of likely N-dealkylation sites (tertiary alicyclic amines) is 1. The van der Waals surface area contributed by atoms with E-state index in [1.807, 2.05) is 0 Å². The van der Waals surface area contributed by atoms with Crippen LogP contribution in [-0.2, 0) is 9.47 Å². The maximum Gasteiger partial charge on any atom is 0.193 e. The van der Waals surface area contributed by atoms with Gasteiger partial charge in [-0.25, -0.2) is 0 Å². The number of rotatable bonds is 7. The zero-order chi connectivity index (χ0) is 14.0. The second kappa shape index (κ2) is 9.19. The highest BCUT2D eigenvalue weighted by Gasteiger charge is 2.16. The van der Waals surface area contributed by atoms with Crippen molar-refractivity contribution in [2.24, 2.45) is 4.99 Å². The number of ether oxygens (including phenoxy) is 2. The third kappa shape index (κ3) is 5.29. The van der Waals surface area contributed by atoms with Gasteiger partial charge in [-0.3, -0.25) is 4.99 Å². The lowest BCUT2D eigenvalue weighted by atomic mass is 10.2. The molecule has 2 rings (SSSR count). The SMILES string of the molecule is CCNC(=NCCCOC[C@@H]1CCCO1)N1CCCC1. The number of nitrogens with zero attached hydrogens (tertiary/aromatic N) is 2. The van der Waals surface area contributed by atoms with E-state index in [2.05, 4.69) is 22.1 Å². The van der Waals surface area contributed by atoms with Crippen molar-refractivity contribution >= 4 is 5.96 Å². The summed E-state index contributed by atoms with van der Waals surface area (Å²) in [5.41, 5.74) is 0. The van der Waals surface area contributed by atoms with E-state index in [1.54, 1.807) is 0 Å². The maximum atomic E-state index is 5.66. The average Bonchev–Trinajstić information content (AvgIpc) is 3.13. The summed E-state index contributed by atoms with van der Waals surface area (Å²) in [6, 6.07) is 0. The number of hydrogen-bond acceptors (Lipinski definition) is 3. The smallest absolute Gasteiger partial charge is 0.193 e. The minimum atomic E-state index is 0.334. The van der Waals surface area contributed by atoms with Gasteiger partial charge in [0.05, 0.1) is 12.7 Å². The fourth-order valence-corrected chi connectivity index (χ4v) is 2.70. The van der Waals surface area contributed by atoms with Crippen LogP contribution in [0.4, 0.5) is 0 Å². The van der Waals surface area contributed by atoms with Crippen molar-refractivity contribution in [3.63, 3.8) is 0 Å². The molecule has 5 heteroatoms. The van der Waals surface area contributed by atoms with Crippen molar-refractivity contribution in [2.45, 2.75) is 45.1 Å². The minimum absolute atomic E-state index is 0.334. The number of nitrogens with one attached hydrogen (secondary N) is 1. The van der Waals surface area contributed by atoms with Crippen molar-refractivity contribution < 1.29 is 9.47 Å². The Kier molecular flexibility index (Phi) is 7.15. The van der Waals surface area contributed by atoms with Crippen LogP contribution in [0, 0.1) is 0 Å². The monoisotopic (exact) mass is 283 g/mol. The van der Waals surface area contributed by atoms with Crippen molar-refractivity contribution in [1.29, 1.82) is 0 Å². The number of guanidine groups is 1. The van der Waals surface area contributed by atoms with Crippen LogP contribution in [0.1, 0.15) is 39.0 Å². The molecule has 2 aliphatic rings. The molecule has 0 unspecified atom stereocenters. The first-order valence-corrected chi connectivity index (χ1v) is 8.12. The maximum absolute atomic E-state index is 5.66. The van der Waals surface area contributed by atoms with E-state index in [1.165, 1.54) is 19.3 Å².